The Morgan fingerprint density at radius 3 is 2.18 bits per heavy atom. The first kappa shape index (κ1) is 22.1. The number of carbonyl (C=O) groups excluding carboxylic acids is 3. The van der Waals surface area contributed by atoms with Crippen molar-refractivity contribution < 1.29 is 19.1 Å². The zero-order chi connectivity index (χ0) is 23.7. The molecule has 0 aliphatic carbocycles. The topological polar surface area (TPSA) is 73.4 Å². The van der Waals surface area contributed by atoms with Gasteiger partial charge >= 0.3 is 17.8 Å². The minimum Gasteiger partial charge on any atom is -0.497 e. The summed E-state index contributed by atoms with van der Waals surface area (Å²) in [4.78, 5) is 44.4. The largest absolute Gasteiger partial charge is 0.497 e. The zero-order valence-corrected chi connectivity index (χ0v) is 19.0. The molecule has 0 unspecified atom stereocenters. The maximum atomic E-state index is 12.9. The molecule has 0 saturated carbocycles. The molecule has 34 heavy (non-hydrogen) atoms. The van der Waals surface area contributed by atoms with Crippen molar-refractivity contribution in [3.05, 3.63) is 72.3 Å². The monoisotopic (exact) mass is 458 g/mol. The molecule has 0 N–H and O–H groups in total. The third kappa shape index (κ3) is 4.13. The average molecular weight is 459 g/mol. The van der Waals surface area contributed by atoms with Crippen molar-refractivity contribution in [1.29, 1.82) is 0 Å². The maximum absolute atomic E-state index is 12.9. The van der Waals surface area contributed by atoms with Gasteiger partial charge in [0.25, 0.3) is 0 Å². The number of anilines is 1. The number of imide groups is 2. The highest BCUT2D eigenvalue weighted by Gasteiger charge is 2.46. The lowest BCUT2D eigenvalue weighted by molar-refractivity contribution is -0.140. The molecule has 174 valence electrons. The van der Waals surface area contributed by atoms with Crippen LogP contribution in [0.25, 0.3) is 10.8 Å². The molecule has 2 fully saturated rings. The van der Waals surface area contributed by atoms with E-state index in [9.17, 15) is 14.4 Å². The molecule has 2 aliphatic heterocycles. The Hall–Kier alpha value is -3.75. The van der Waals surface area contributed by atoms with E-state index in [1.165, 1.54) is 23.4 Å². The van der Waals surface area contributed by atoms with Gasteiger partial charge in [-0.05, 0) is 40.6 Å². The molecule has 0 atom stereocenters. The van der Waals surface area contributed by atoms with Crippen LogP contribution in [0.3, 0.4) is 0 Å². The SMILES string of the molecule is COc1ccc(N2C(=O)C(=O)N(CN3CCN(Cc4cccc5ccccc45)CC3)C2=O)cc1. The summed E-state index contributed by atoms with van der Waals surface area (Å²) in [7, 11) is 1.54. The highest BCUT2D eigenvalue weighted by molar-refractivity contribution is 6.52. The molecule has 2 heterocycles. The van der Waals surface area contributed by atoms with Crippen LogP contribution in [0.4, 0.5) is 10.5 Å². The number of benzene rings is 3. The van der Waals surface area contributed by atoms with Gasteiger partial charge in [-0.2, -0.15) is 0 Å². The highest BCUT2D eigenvalue weighted by Crippen LogP contribution is 2.25. The van der Waals surface area contributed by atoms with E-state index >= 15 is 0 Å². The number of nitrogens with zero attached hydrogens (tertiary/aromatic N) is 4. The van der Waals surface area contributed by atoms with E-state index in [0.29, 0.717) is 24.5 Å². The van der Waals surface area contributed by atoms with Gasteiger partial charge in [-0.25, -0.2) is 14.6 Å². The summed E-state index contributed by atoms with van der Waals surface area (Å²) < 4.78 is 5.12. The Bertz CT molecular complexity index is 1230. The van der Waals surface area contributed by atoms with Gasteiger partial charge in [-0.3, -0.25) is 19.4 Å². The number of hydrogen-bond acceptors (Lipinski definition) is 6. The van der Waals surface area contributed by atoms with Crippen LogP contribution in [0.15, 0.2) is 66.7 Å². The van der Waals surface area contributed by atoms with E-state index in [2.05, 4.69) is 41.3 Å². The van der Waals surface area contributed by atoms with Crippen LogP contribution >= 0.6 is 0 Å². The average Bonchev–Trinajstić information content (AvgIpc) is 3.08. The van der Waals surface area contributed by atoms with Crippen molar-refractivity contribution in [2.75, 3.05) is 44.9 Å². The lowest BCUT2D eigenvalue weighted by atomic mass is 10.0. The standard InChI is InChI=1S/C26H26N4O4/c1-34-22-11-9-21(10-12-22)30-25(32)24(31)29(26(30)33)18-28-15-13-27(14-16-28)17-20-7-4-6-19-5-2-3-8-23(19)20/h2-12H,13-18H2,1H3. The van der Waals surface area contributed by atoms with Crippen LogP contribution in [0.1, 0.15) is 5.56 Å². The minimum atomic E-state index is -0.829. The van der Waals surface area contributed by atoms with Gasteiger partial charge in [0, 0.05) is 32.7 Å². The first-order valence-electron chi connectivity index (χ1n) is 11.3. The van der Waals surface area contributed by atoms with Crippen molar-refractivity contribution in [3.8, 4) is 5.75 Å². The molecule has 5 rings (SSSR count). The summed E-state index contributed by atoms with van der Waals surface area (Å²) in [5.74, 6) is -1.02. The normalized spacial score (nSPS) is 17.7. The third-order valence-electron chi connectivity index (χ3n) is 6.46. The number of methoxy groups -OCH3 is 1. The fourth-order valence-corrected chi connectivity index (χ4v) is 4.55. The van der Waals surface area contributed by atoms with E-state index < -0.39 is 17.8 Å². The lowest BCUT2D eigenvalue weighted by Gasteiger charge is -2.36. The number of carbonyl (C=O) groups is 3. The van der Waals surface area contributed by atoms with Gasteiger partial charge in [0.15, 0.2) is 0 Å². The molecule has 0 bridgehead atoms. The van der Waals surface area contributed by atoms with Gasteiger partial charge in [-0.1, -0.05) is 42.5 Å². The summed E-state index contributed by atoms with van der Waals surface area (Å²) >= 11 is 0. The Morgan fingerprint density at radius 1 is 0.765 bits per heavy atom. The molecule has 0 radical (unpaired) electrons. The van der Waals surface area contributed by atoms with Crippen LogP contribution in [-0.2, 0) is 16.1 Å². The molecular formula is C26H26N4O4. The molecule has 0 spiro atoms. The predicted octanol–water partition coefficient (Wildman–Crippen LogP) is 2.92. The van der Waals surface area contributed by atoms with Gasteiger partial charge in [0.05, 0.1) is 19.5 Å². The van der Waals surface area contributed by atoms with Gasteiger partial charge in [-0.15, -0.1) is 0 Å². The molecular weight excluding hydrogens is 432 g/mol. The second-order valence-corrected chi connectivity index (χ2v) is 8.53. The molecule has 2 aliphatic rings. The van der Waals surface area contributed by atoms with E-state index in [-0.39, 0.29) is 6.67 Å². The van der Waals surface area contributed by atoms with Crippen molar-refractivity contribution in [2.45, 2.75) is 6.54 Å². The molecule has 3 aromatic carbocycles. The van der Waals surface area contributed by atoms with Crippen molar-refractivity contribution in [2.24, 2.45) is 0 Å². The molecule has 8 nitrogen and oxygen atoms in total. The van der Waals surface area contributed by atoms with E-state index in [0.717, 1.165) is 29.4 Å². The number of rotatable bonds is 6. The molecule has 4 amide bonds. The molecule has 8 heteroatoms. The van der Waals surface area contributed by atoms with Gasteiger partial charge in [0.2, 0.25) is 0 Å². The van der Waals surface area contributed by atoms with Crippen LogP contribution in [-0.4, -0.2) is 72.5 Å². The number of urea groups is 1. The van der Waals surface area contributed by atoms with Crippen molar-refractivity contribution >= 4 is 34.3 Å². The summed E-state index contributed by atoms with van der Waals surface area (Å²) in [5, 5.41) is 2.49. The van der Waals surface area contributed by atoms with Crippen LogP contribution in [0, 0.1) is 0 Å². The third-order valence-corrected chi connectivity index (χ3v) is 6.46. The number of piperazine rings is 1. The summed E-state index contributed by atoms with van der Waals surface area (Å²) in [6.45, 7) is 4.00. The minimum absolute atomic E-state index is 0.109. The van der Waals surface area contributed by atoms with Crippen LogP contribution in [0.2, 0.25) is 0 Å². The number of ether oxygens (including phenoxy) is 1. The lowest BCUT2D eigenvalue weighted by Crippen LogP contribution is -2.51. The maximum Gasteiger partial charge on any atom is 0.340 e. The van der Waals surface area contributed by atoms with E-state index in [1.807, 2.05) is 11.0 Å². The smallest absolute Gasteiger partial charge is 0.340 e. The number of amides is 4. The van der Waals surface area contributed by atoms with E-state index in [4.69, 9.17) is 4.74 Å². The quantitative estimate of drug-likeness (QED) is 0.418. The highest BCUT2D eigenvalue weighted by atomic mass is 16.5. The summed E-state index contributed by atoms with van der Waals surface area (Å²) in [6, 6.07) is 20.6. The second kappa shape index (κ2) is 9.24. The fourth-order valence-electron chi connectivity index (χ4n) is 4.55. The number of hydrogen-bond donors (Lipinski definition) is 0. The van der Waals surface area contributed by atoms with Crippen LogP contribution < -0.4 is 9.64 Å². The van der Waals surface area contributed by atoms with Gasteiger partial charge in [0.1, 0.15) is 5.75 Å². The predicted molar refractivity (Wildman–Crippen MR) is 128 cm³/mol. The zero-order valence-electron chi connectivity index (χ0n) is 19.0. The Morgan fingerprint density at radius 2 is 1.44 bits per heavy atom. The summed E-state index contributed by atoms with van der Waals surface area (Å²) in [6.07, 6.45) is 0. The first-order chi connectivity index (χ1) is 16.5. The Labute approximate surface area is 197 Å². The Kier molecular flexibility index (Phi) is 6.00. The Balaban J connectivity index is 1.21. The van der Waals surface area contributed by atoms with Crippen LogP contribution in [0.5, 0.6) is 5.75 Å². The van der Waals surface area contributed by atoms with Crippen molar-refractivity contribution in [3.63, 3.8) is 0 Å². The van der Waals surface area contributed by atoms with Gasteiger partial charge < -0.3 is 4.74 Å². The molecule has 0 aromatic heterocycles. The van der Waals surface area contributed by atoms with Crippen molar-refractivity contribution in [1.82, 2.24) is 14.7 Å². The first-order valence-corrected chi connectivity index (χ1v) is 11.3. The number of fused-ring (bicyclic) bond motifs is 1. The summed E-state index contributed by atoms with van der Waals surface area (Å²) in [5.41, 5.74) is 1.64. The fraction of sp³-hybridized carbons (Fsp3) is 0.269. The van der Waals surface area contributed by atoms with E-state index in [1.54, 1.807) is 24.3 Å². The molecule has 3 aromatic rings. The second-order valence-electron chi connectivity index (χ2n) is 8.53. The molecule has 2 saturated heterocycles.